The highest BCUT2D eigenvalue weighted by Crippen LogP contribution is 2.21. The molecule has 1 N–H and O–H groups in total. The number of hydrogen-bond acceptors (Lipinski definition) is 2. The van der Waals surface area contributed by atoms with E-state index in [0.29, 0.717) is 6.04 Å². The Bertz CT molecular complexity index is 386. The molecule has 0 amide bonds. The highest BCUT2D eigenvalue weighted by atomic mass is 79.9. The average molecular weight is 325 g/mol. The van der Waals surface area contributed by atoms with Gasteiger partial charge >= 0.3 is 0 Å². The molecule has 1 saturated heterocycles. The highest BCUT2D eigenvalue weighted by Gasteiger charge is 2.22. The van der Waals surface area contributed by atoms with Gasteiger partial charge in [0.1, 0.15) is 0 Å². The Labute approximate surface area is 125 Å². The number of nitrogens with one attached hydrogen (secondary N) is 1. The Balaban J connectivity index is 1.77. The molecular weight excluding hydrogens is 300 g/mol. The van der Waals surface area contributed by atoms with Gasteiger partial charge in [-0.1, -0.05) is 35.0 Å². The van der Waals surface area contributed by atoms with Crippen LogP contribution in [0, 0.1) is 5.92 Å². The molecule has 19 heavy (non-hydrogen) atoms. The molecule has 1 aliphatic heterocycles. The SMILES string of the molecule is CCN1CCC(C(C)NCc2cccc(Br)c2)CC1. The predicted molar refractivity (Wildman–Crippen MR) is 85.3 cm³/mol. The van der Waals surface area contributed by atoms with E-state index in [-0.39, 0.29) is 0 Å². The van der Waals surface area contributed by atoms with Crippen molar-refractivity contribution in [2.45, 2.75) is 39.3 Å². The van der Waals surface area contributed by atoms with Gasteiger partial charge in [-0.15, -0.1) is 0 Å². The van der Waals surface area contributed by atoms with Crippen molar-refractivity contribution < 1.29 is 0 Å². The Morgan fingerprint density at radius 1 is 1.37 bits per heavy atom. The van der Waals surface area contributed by atoms with Crippen LogP contribution in [0.25, 0.3) is 0 Å². The van der Waals surface area contributed by atoms with Crippen molar-refractivity contribution in [3.8, 4) is 0 Å². The lowest BCUT2D eigenvalue weighted by molar-refractivity contribution is 0.168. The number of rotatable bonds is 5. The minimum atomic E-state index is 0.609. The fourth-order valence-electron chi connectivity index (χ4n) is 2.86. The topological polar surface area (TPSA) is 15.3 Å². The fraction of sp³-hybridized carbons (Fsp3) is 0.625. The van der Waals surface area contributed by atoms with Crippen LogP contribution < -0.4 is 5.32 Å². The minimum absolute atomic E-state index is 0.609. The largest absolute Gasteiger partial charge is 0.310 e. The van der Waals surface area contributed by atoms with Crippen LogP contribution in [0.4, 0.5) is 0 Å². The number of likely N-dealkylation sites (tertiary alicyclic amines) is 1. The van der Waals surface area contributed by atoms with Crippen molar-refractivity contribution in [3.63, 3.8) is 0 Å². The van der Waals surface area contributed by atoms with Gasteiger partial charge in [-0.25, -0.2) is 0 Å². The van der Waals surface area contributed by atoms with Crippen LogP contribution in [0.2, 0.25) is 0 Å². The molecule has 2 nitrogen and oxygen atoms in total. The van der Waals surface area contributed by atoms with E-state index in [9.17, 15) is 0 Å². The van der Waals surface area contributed by atoms with Gasteiger partial charge in [-0.2, -0.15) is 0 Å². The van der Waals surface area contributed by atoms with Crippen LogP contribution in [0.1, 0.15) is 32.3 Å². The maximum atomic E-state index is 3.69. The van der Waals surface area contributed by atoms with Gasteiger partial charge in [0.25, 0.3) is 0 Å². The molecule has 0 spiro atoms. The Morgan fingerprint density at radius 3 is 2.74 bits per heavy atom. The summed E-state index contributed by atoms with van der Waals surface area (Å²) in [6, 6.07) is 9.17. The molecule has 0 aliphatic carbocycles. The van der Waals surface area contributed by atoms with Crippen LogP contribution in [-0.4, -0.2) is 30.6 Å². The summed E-state index contributed by atoms with van der Waals surface area (Å²) in [5, 5.41) is 3.69. The quantitative estimate of drug-likeness (QED) is 0.889. The maximum absolute atomic E-state index is 3.69. The number of hydrogen-bond donors (Lipinski definition) is 1. The van der Waals surface area contributed by atoms with Crippen molar-refractivity contribution in [1.29, 1.82) is 0 Å². The van der Waals surface area contributed by atoms with Crippen molar-refractivity contribution in [2.75, 3.05) is 19.6 Å². The zero-order chi connectivity index (χ0) is 13.7. The van der Waals surface area contributed by atoms with E-state index in [0.717, 1.165) is 16.9 Å². The van der Waals surface area contributed by atoms with Crippen LogP contribution in [0.3, 0.4) is 0 Å². The van der Waals surface area contributed by atoms with E-state index < -0.39 is 0 Å². The van der Waals surface area contributed by atoms with E-state index in [1.54, 1.807) is 0 Å². The van der Waals surface area contributed by atoms with Gasteiger partial charge < -0.3 is 10.2 Å². The first kappa shape index (κ1) is 15.0. The van der Waals surface area contributed by atoms with Gasteiger partial charge in [0.15, 0.2) is 0 Å². The fourth-order valence-corrected chi connectivity index (χ4v) is 3.31. The monoisotopic (exact) mass is 324 g/mol. The third-order valence-electron chi connectivity index (χ3n) is 4.30. The molecule has 106 valence electrons. The molecule has 1 fully saturated rings. The van der Waals surface area contributed by atoms with Crippen LogP contribution >= 0.6 is 15.9 Å². The van der Waals surface area contributed by atoms with Crippen molar-refractivity contribution in [1.82, 2.24) is 10.2 Å². The van der Waals surface area contributed by atoms with Gasteiger partial charge in [0, 0.05) is 17.1 Å². The summed E-state index contributed by atoms with van der Waals surface area (Å²) < 4.78 is 1.16. The molecule has 1 aliphatic rings. The van der Waals surface area contributed by atoms with Gasteiger partial charge in [0.2, 0.25) is 0 Å². The number of nitrogens with zero attached hydrogens (tertiary/aromatic N) is 1. The summed E-state index contributed by atoms with van der Waals surface area (Å²) in [4.78, 5) is 2.55. The lowest BCUT2D eigenvalue weighted by atomic mass is 9.90. The molecule has 1 unspecified atom stereocenters. The van der Waals surface area contributed by atoms with E-state index in [1.807, 2.05) is 0 Å². The van der Waals surface area contributed by atoms with Gasteiger partial charge in [-0.3, -0.25) is 0 Å². The van der Waals surface area contributed by atoms with Crippen LogP contribution in [0.5, 0.6) is 0 Å². The summed E-state index contributed by atoms with van der Waals surface area (Å²) in [5.41, 5.74) is 1.35. The Morgan fingerprint density at radius 2 is 2.11 bits per heavy atom. The van der Waals surface area contributed by atoms with Crippen LogP contribution in [-0.2, 0) is 6.54 Å². The molecule has 0 saturated carbocycles. The standard InChI is InChI=1S/C16H25BrN2/c1-3-19-9-7-15(8-10-19)13(2)18-12-14-5-4-6-16(17)11-14/h4-6,11,13,15,18H,3,7-10,12H2,1-2H3. The minimum Gasteiger partial charge on any atom is -0.310 e. The van der Waals surface area contributed by atoms with Gasteiger partial charge in [0.05, 0.1) is 0 Å². The highest BCUT2D eigenvalue weighted by molar-refractivity contribution is 9.10. The number of halogens is 1. The molecule has 0 bridgehead atoms. The third kappa shape index (κ3) is 4.59. The van der Waals surface area contributed by atoms with E-state index in [4.69, 9.17) is 0 Å². The van der Waals surface area contributed by atoms with Crippen LogP contribution in [0.15, 0.2) is 28.7 Å². The first-order valence-corrected chi connectivity index (χ1v) is 8.18. The molecule has 0 aromatic heterocycles. The summed E-state index contributed by atoms with van der Waals surface area (Å²) in [7, 11) is 0. The molecule has 1 heterocycles. The normalized spacial score (nSPS) is 19.5. The number of benzene rings is 1. The second-order valence-corrected chi connectivity index (χ2v) is 6.49. The zero-order valence-electron chi connectivity index (χ0n) is 12.0. The lowest BCUT2D eigenvalue weighted by Gasteiger charge is -2.34. The first-order valence-electron chi connectivity index (χ1n) is 7.39. The van der Waals surface area contributed by atoms with Crippen molar-refractivity contribution >= 4 is 15.9 Å². The Hall–Kier alpha value is -0.380. The van der Waals surface area contributed by atoms with Gasteiger partial charge in [-0.05, 0) is 63.0 Å². The Kier molecular flexibility index (Phi) is 5.86. The third-order valence-corrected chi connectivity index (χ3v) is 4.80. The molecular formula is C16H25BrN2. The predicted octanol–water partition coefficient (Wildman–Crippen LogP) is 3.66. The van der Waals surface area contributed by atoms with Crippen molar-refractivity contribution in [2.24, 2.45) is 5.92 Å². The summed E-state index contributed by atoms with van der Waals surface area (Å²) in [5.74, 6) is 0.829. The molecule has 3 heteroatoms. The second kappa shape index (κ2) is 7.41. The zero-order valence-corrected chi connectivity index (χ0v) is 13.6. The summed E-state index contributed by atoms with van der Waals surface area (Å²) in [6.45, 7) is 9.30. The smallest absolute Gasteiger partial charge is 0.0208 e. The summed E-state index contributed by atoms with van der Waals surface area (Å²) in [6.07, 6.45) is 2.67. The summed E-state index contributed by atoms with van der Waals surface area (Å²) >= 11 is 3.53. The van der Waals surface area contributed by atoms with E-state index in [2.05, 4.69) is 64.3 Å². The molecule has 1 aromatic rings. The maximum Gasteiger partial charge on any atom is 0.0208 e. The first-order chi connectivity index (χ1) is 9.19. The van der Waals surface area contributed by atoms with E-state index >= 15 is 0 Å². The molecule has 1 aromatic carbocycles. The van der Waals surface area contributed by atoms with Crippen molar-refractivity contribution in [3.05, 3.63) is 34.3 Å². The second-order valence-electron chi connectivity index (χ2n) is 5.57. The average Bonchev–Trinajstić information content (AvgIpc) is 2.45. The molecule has 1 atom stereocenters. The number of piperidine rings is 1. The lowest BCUT2D eigenvalue weighted by Crippen LogP contribution is -2.41. The molecule has 2 rings (SSSR count). The molecule has 0 radical (unpaired) electrons. The van der Waals surface area contributed by atoms with E-state index in [1.165, 1.54) is 38.0 Å².